The third-order valence-corrected chi connectivity index (χ3v) is 13.4. The van der Waals surface area contributed by atoms with Crippen molar-refractivity contribution in [1.82, 2.24) is 15.0 Å². The topological polar surface area (TPSA) is 51.8 Å². The minimum Gasteiger partial charge on any atom is -0.455 e. The SMILES string of the molecule is CC(C)(C)c1cc(-c2nc(-c3ccccc3)nc(-c3ccc4c(c3)C3(c5ccccc5-c5ccccc53)c3ccccc3-4)n2)c2oc3c(C(C)(C)C)cc(C(C)(C)C)cc3c2c1. The highest BCUT2D eigenvalue weighted by molar-refractivity contribution is 6.11. The molecule has 1 spiro atoms. The average molecular weight is 806 g/mol. The fourth-order valence-electron chi connectivity index (χ4n) is 10.1. The molecular weight excluding hydrogens is 755 g/mol. The van der Waals surface area contributed by atoms with Crippen molar-refractivity contribution in [3.05, 3.63) is 185 Å². The number of furan rings is 1. The van der Waals surface area contributed by atoms with E-state index in [0.717, 1.165) is 38.6 Å². The van der Waals surface area contributed by atoms with Gasteiger partial charge >= 0.3 is 0 Å². The van der Waals surface area contributed by atoms with Crippen LogP contribution >= 0.6 is 0 Å². The van der Waals surface area contributed by atoms with E-state index in [1.54, 1.807) is 0 Å². The molecule has 2 heterocycles. The summed E-state index contributed by atoms with van der Waals surface area (Å²) < 4.78 is 7.15. The molecule has 0 saturated heterocycles. The van der Waals surface area contributed by atoms with Crippen LogP contribution in [0.5, 0.6) is 0 Å². The van der Waals surface area contributed by atoms with Gasteiger partial charge in [0.1, 0.15) is 11.2 Å². The maximum Gasteiger partial charge on any atom is 0.167 e. The molecule has 0 N–H and O–H groups in total. The maximum atomic E-state index is 7.15. The first-order valence-corrected chi connectivity index (χ1v) is 21.9. The summed E-state index contributed by atoms with van der Waals surface area (Å²) in [4.78, 5) is 16.1. The first kappa shape index (κ1) is 38.3. The molecule has 11 rings (SSSR count). The third-order valence-electron chi connectivity index (χ3n) is 13.4. The van der Waals surface area contributed by atoms with E-state index >= 15 is 0 Å². The number of hydrogen-bond acceptors (Lipinski definition) is 4. The molecule has 62 heavy (non-hydrogen) atoms. The molecule has 0 amide bonds. The second kappa shape index (κ2) is 13.2. The molecule has 4 heteroatoms. The fourth-order valence-corrected chi connectivity index (χ4v) is 10.1. The highest BCUT2D eigenvalue weighted by Crippen LogP contribution is 2.63. The molecular formula is C58H51N3O. The minimum atomic E-state index is -0.481. The third kappa shape index (κ3) is 5.62. The largest absolute Gasteiger partial charge is 0.455 e. The van der Waals surface area contributed by atoms with E-state index in [1.165, 1.54) is 61.2 Å². The Morgan fingerprint density at radius 1 is 0.371 bits per heavy atom. The van der Waals surface area contributed by atoms with Gasteiger partial charge in [-0.2, -0.15) is 0 Å². The molecule has 304 valence electrons. The molecule has 4 nitrogen and oxygen atoms in total. The lowest BCUT2D eigenvalue weighted by molar-refractivity contribution is 0.559. The van der Waals surface area contributed by atoms with Crippen molar-refractivity contribution < 1.29 is 4.42 Å². The Labute approximate surface area is 364 Å². The summed E-state index contributed by atoms with van der Waals surface area (Å²) >= 11 is 0. The van der Waals surface area contributed by atoms with Crippen molar-refractivity contribution in [3.63, 3.8) is 0 Å². The first-order valence-electron chi connectivity index (χ1n) is 21.9. The van der Waals surface area contributed by atoms with E-state index in [2.05, 4.69) is 190 Å². The summed E-state index contributed by atoms with van der Waals surface area (Å²) in [6, 6.07) is 53.2. The Hall–Kier alpha value is -6.65. The van der Waals surface area contributed by atoms with Gasteiger partial charge in [-0.25, -0.2) is 15.0 Å². The van der Waals surface area contributed by atoms with Crippen LogP contribution in [0.1, 0.15) is 101 Å². The van der Waals surface area contributed by atoms with Crippen LogP contribution in [0.15, 0.2) is 150 Å². The van der Waals surface area contributed by atoms with E-state index in [9.17, 15) is 0 Å². The summed E-state index contributed by atoms with van der Waals surface area (Å²) in [5.74, 6) is 1.84. The molecule has 0 atom stereocenters. The van der Waals surface area contributed by atoms with Gasteiger partial charge in [0.2, 0.25) is 0 Å². The molecule has 0 aliphatic heterocycles. The standard InChI is InChI=1S/C58H51N3O/c1-55(2,3)36-30-42-43-31-37(56(4,5)6)33-49(57(7,8)9)51(43)62-50(42)44(32-36)54-60-52(34-19-11-10-12-20-34)59-53(61-54)35-27-28-41-40-23-15-18-26-47(40)58(48(41)29-35)45-24-16-13-21-38(45)39-22-14-17-25-46(39)58/h10-33H,1-9H3. The summed E-state index contributed by atoms with van der Waals surface area (Å²) in [5, 5.41) is 2.21. The predicted octanol–water partition coefficient (Wildman–Crippen LogP) is 15.0. The van der Waals surface area contributed by atoms with Crippen LogP contribution in [0.25, 0.3) is 78.4 Å². The van der Waals surface area contributed by atoms with Crippen LogP contribution in [0, 0.1) is 0 Å². The second-order valence-corrected chi connectivity index (χ2v) is 20.5. The Morgan fingerprint density at radius 2 is 0.839 bits per heavy atom. The Bertz CT molecular complexity index is 3230. The molecule has 7 aromatic carbocycles. The smallest absolute Gasteiger partial charge is 0.167 e. The zero-order valence-corrected chi connectivity index (χ0v) is 37.1. The number of fused-ring (bicyclic) bond motifs is 13. The number of hydrogen-bond donors (Lipinski definition) is 0. The minimum absolute atomic E-state index is 0.0472. The van der Waals surface area contributed by atoms with E-state index < -0.39 is 5.41 Å². The fraction of sp³-hybridized carbons (Fsp3) is 0.224. The summed E-state index contributed by atoms with van der Waals surface area (Å²) in [6.45, 7) is 20.5. The van der Waals surface area contributed by atoms with Gasteiger partial charge in [0, 0.05) is 27.5 Å². The molecule has 2 aliphatic carbocycles. The van der Waals surface area contributed by atoms with Gasteiger partial charge in [-0.3, -0.25) is 0 Å². The highest BCUT2D eigenvalue weighted by Gasteiger charge is 2.51. The van der Waals surface area contributed by atoms with Crippen molar-refractivity contribution in [3.8, 4) is 56.4 Å². The van der Waals surface area contributed by atoms with Crippen molar-refractivity contribution in [2.45, 2.75) is 84.0 Å². The van der Waals surface area contributed by atoms with Crippen LogP contribution in [0.4, 0.5) is 0 Å². The summed E-state index contributed by atoms with van der Waals surface area (Å²) in [7, 11) is 0. The van der Waals surface area contributed by atoms with Gasteiger partial charge < -0.3 is 4.42 Å². The van der Waals surface area contributed by atoms with Crippen LogP contribution in [-0.4, -0.2) is 15.0 Å². The summed E-state index contributed by atoms with van der Waals surface area (Å²) in [6.07, 6.45) is 0. The molecule has 0 radical (unpaired) electrons. The van der Waals surface area contributed by atoms with Crippen molar-refractivity contribution in [2.75, 3.05) is 0 Å². The molecule has 0 saturated carbocycles. The van der Waals surface area contributed by atoms with Crippen LogP contribution in [-0.2, 0) is 21.7 Å². The number of aromatic nitrogens is 3. The predicted molar refractivity (Wildman–Crippen MR) is 256 cm³/mol. The van der Waals surface area contributed by atoms with Crippen LogP contribution < -0.4 is 0 Å². The molecule has 0 unspecified atom stereocenters. The van der Waals surface area contributed by atoms with Gasteiger partial charge in [-0.1, -0.05) is 184 Å². The lowest BCUT2D eigenvalue weighted by Gasteiger charge is -2.30. The number of benzene rings is 7. The maximum absolute atomic E-state index is 7.15. The molecule has 2 aliphatic rings. The van der Waals surface area contributed by atoms with Gasteiger partial charge in [0.05, 0.1) is 11.0 Å². The first-order chi connectivity index (χ1) is 29.6. The van der Waals surface area contributed by atoms with Crippen LogP contribution in [0.2, 0.25) is 0 Å². The lowest BCUT2D eigenvalue weighted by atomic mass is 9.70. The van der Waals surface area contributed by atoms with Gasteiger partial charge in [-0.15, -0.1) is 0 Å². The van der Waals surface area contributed by atoms with Crippen molar-refractivity contribution in [1.29, 1.82) is 0 Å². The average Bonchev–Trinajstić information content (AvgIpc) is 3.89. The van der Waals surface area contributed by atoms with Crippen molar-refractivity contribution in [2.24, 2.45) is 0 Å². The molecule has 0 fully saturated rings. The lowest BCUT2D eigenvalue weighted by Crippen LogP contribution is -2.25. The van der Waals surface area contributed by atoms with E-state index in [1.807, 2.05) is 18.2 Å². The van der Waals surface area contributed by atoms with E-state index in [0.29, 0.717) is 17.5 Å². The Morgan fingerprint density at radius 3 is 1.39 bits per heavy atom. The quantitative estimate of drug-likeness (QED) is 0.178. The van der Waals surface area contributed by atoms with Gasteiger partial charge in [-0.05, 0) is 96.1 Å². The Balaban J connectivity index is 1.20. The molecule has 2 aromatic heterocycles. The number of nitrogens with zero attached hydrogens (tertiary/aromatic N) is 3. The highest BCUT2D eigenvalue weighted by atomic mass is 16.3. The zero-order chi connectivity index (χ0) is 42.9. The molecule has 0 bridgehead atoms. The Kier molecular flexibility index (Phi) is 8.14. The van der Waals surface area contributed by atoms with Crippen LogP contribution in [0.3, 0.4) is 0 Å². The van der Waals surface area contributed by atoms with Gasteiger partial charge in [0.25, 0.3) is 0 Å². The van der Waals surface area contributed by atoms with Crippen molar-refractivity contribution >= 4 is 21.9 Å². The zero-order valence-electron chi connectivity index (χ0n) is 37.1. The number of rotatable bonds is 3. The summed E-state index contributed by atoms with van der Waals surface area (Å²) in [5.41, 5.74) is 17.5. The second-order valence-electron chi connectivity index (χ2n) is 20.5. The van der Waals surface area contributed by atoms with Gasteiger partial charge in [0.15, 0.2) is 17.5 Å². The van der Waals surface area contributed by atoms with E-state index in [4.69, 9.17) is 19.4 Å². The monoisotopic (exact) mass is 805 g/mol. The molecule has 9 aromatic rings. The normalized spacial score (nSPS) is 14.0. The van der Waals surface area contributed by atoms with E-state index in [-0.39, 0.29) is 16.2 Å².